The van der Waals surface area contributed by atoms with E-state index in [9.17, 15) is 43.8 Å². The molecule has 1 heterocycles. The fraction of sp³-hybridized carbons (Fsp3) is 0.636. The Kier molecular flexibility index (Phi) is 14.8. The zero-order chi connectivity index (χ0) is 30.2. The van der Waals surface area contributed by atoms with Gasteiger partial charge in [-0.3, -0.25) is 33.8 Å². The maximum absolute atomic E-state index is 12.7. The van der Waals surface area contributed by atoms with Crippen LogP contribution < -0.4 is 38.1 Å². The van der Waals surface area contributed by atoms with Gasteiger partial charge in [0.15, 0.2) is 5.96 Å². The number of rotatable bonds is 9. The number of guanidine groups is 1. The Morgan fingerprint density at radius 1 is 0.900 bits per heavy atom. The summed E-state index contributed by atoms with van der Waals surface area (Å²) >= 11 is 0.930. The van der Waals surface area contributed by atoms with Crippen molar-refractivity contribution in [1.82, 2.24) is 26.6 Å². The number of hydrogen-bond acceptors (Lipinski definition) is 9. The summed E-state index contributed by atoms with van der Waals surface area (Å²) in [4.78, 5) is 90.0. The fourth-order valence-electron chi connectivity index (χ4n) is 3.43. The number of nitrogens with one attached hydrogen (secondary N) is 5. The molecule has 0 radical (unpaired) electrons. The third kappa shape index (κ3) is 13.1. The van der Waals surface area contributed by atoms with Gasteiger partial charge in [-0.1, -0.05) is 13.3 Å². The summed E-state index contributed by atoms with van der Waals surface area (Å²) in [5.41, 5.74) is 10.6. The predicted molar refractivity (Wildman–Crippen MR) is 143 cm³/mol. The van der Waals surface area contributed by atoms with Crippen LogP contribution in [0, 0.1) is 0 Å². The van der Waals surface area contributed by atoms with Crippen molar-refractivity contribution in [2.45, 2.75) is 62.4 Å². The lowest BCUT2D eigenvalue weighted by Crippen LogP contribution is -2.56. The molecule has 4 atom stereocenters. The summed E-state index contributed by atoms with van der Waals surface area (Å²) in [5.74, 6) is -7.33. The lowest BCUT2D eigenvalue weighted by Gasteiger charge is -2.23. The number of amides is 5. The molecule has 1 saturated heterocycles. The molecule has 1 rings (SSSR count). The number of carbonyl (C=O) groups excluding carboxylic acids is 5. The van der Waals surface area contributed by atoms with Crippen LogP contribution in [0.4, 0.5) is 0 Å². The van der Waals surface area contributed by atoms with Crippen molar-refractivity contribution in [1.29, 1.82) is 0 Å². The van der Waals surface area contributed by atoms with E-state index in [0.29, 0.717) is 12.8 Å². The Morgan fingerprint density at radius 2 is 1.50 bits per heavy atom. The van der Waals surface area contributed by atoms with Gasteiger partial charge in [0, 0.05) is 12.3 Å². The molecule has 1 aliphatic heterocycles. The van der Waals surface area contributed by atoms with Crippen LogP contribution in [0.25, 0.3) is 0 Å². The summed E-state index contributed by atoms with van der Waals surface area (Å²) in [5, 5.41) is 29.5. The SMILES string of the molecule is CCC[C@H]1SC[C@@H](C(=O)O)NC(=O)[C@H](CC(=O)O)NC(=O)CNC(=O)[C@H](CCCN=C(N)N)NC(=O)CNC1=O. The minimum absolute atomic E-state index is 0.0683. The molecular weight excluding hydrogens is 552 g/mol. The molecule has 1 aliphatic rings. The van der Waals surface area contributed by atoms with Crippen molar-refractivity contribution >= 4 is 59.2 Å². The summed E-state index contributed by atoms with van der Waals surface area (Å²) in [6, 6.07) is -4.31. The predicted octanol–water partition coefficient (Wildman–Crippen LogP) is -3.80. The molecule has 0 aromatic carbocycles. The molecule has 224 valence electrons. The van der Waals surface area contributed by atoms with Gasteiger partial charge in [0.25, 0.3) is 0 Å². The Balaban J connectivity index is 3.21. The van der Waals surface area contributed by atoms with Crippen LogP contribution in [-0.4, -0.2) is 106 Å². The zero-order valence-electron chi connectivity index (χ0n) is 21.9. The average molecular weight is 589 g/mol. The third-order valence-corrected chi connectivity index (χ3v) is 6.77. The number of hydrogen-bond donors (Lipinski definition) is 9. The van der Waals surface area contributed by atoms with Crippen LogP contribution in [0.1, 0.15) is 39.0 Å². The third-order valence-electron chi connectivity index (χ3n) is 5.40. The molecule has 0 bridgehead atoms. The first kappa shape index (κ1) is 33.9. The van der Waals surface area contributed by atoms with E-state index in [4.69, 9.17) is 11.5 Å². The van der Waals surface area contributed by atoms with Crippen molar-refractivity contribution in [2.75, 3.05) is 25.4 Å². The number of carbonyl (C=O) groups is 7. The average Bonchev–Trinajstić information content (AvgIpc) is 2.87. The molecule has 0 saturated carbocycles. The molecule has 0 unspecified atom stereocenters. The summed E-state index contributed by atoms with van der Waals surface area (Å²) in [6.07, 6.45) is 0.349. The normalized spacial score (nSPS) is 23.7. The van der Waals surface area contributed by atoms with Crippen LogP contribution in [-0.2, 0) is 33.6 Å². The van der Waals surface area contributed by atoms with Crippen LogP contribution in [0.3, 0.4) is 0 Å². The van der Waals surface area contributed by atoms with Crippen LogP contribution >= 0.6 is 11.8 Å². The monoisotopic (exact) mass is 588 g/mol. The largest absolute Gasteiger partial charge is 0.481 e. The molecule has 17 nitrogen and oxygen atoms in total. The highest BCUT2D eigenvalue weighted by molar-refractivity contribution is 8.00. The Labute approximate surface area is 234 Å². The van der Waals surface area contributed by atoms with Gasteiger partial charge in [-0.15, -0.1) is 11.8 Å². The van der Waals surface area contributed by atoms with Crippen LogP contribution in [0.15, 0.2) is 4.99 Å². The van der Waals surface area contributed by atoms with E-state index >= 15 is 0 Å². The van der Waals surface area contributed by atoms with E-state index in [1.165, 1.54) is 0 Å². The lowest BCUT2D eigenvalue weighted by molar-refractivity contribution is -0.143. The van der Waals surface area contributed by atoms with E-state index in [1.807, 2.05) is 0 Å². The number of nitrogens with zero attached hydrogens (tertiary/aromatic N) is 1. The van der Waals surface area contributed by atoms with E-state index in [0.717, 1.165) is 11.8 Å². The van der Waals surface area contributed by atoms with Gasteiger partial charge in [0.05, 0.1) is 24.8 Å². The van der Waals surface area contributed by atoms with Crippen molar-refractivity contribution in [3.63, 3.8) is 0 Å². The number of carboxylic acid groups (broad SMARTS) is 2. The second-order valence-electron chi connectivity index (χ2n) is 8.73. The molecule has 40 heavy (non-hydrogen) atoms. The number of aliphatic imine (C=N–C) groups is 1. The number of nitrogens with two attached hydrogens (primary N) is 2. The van der Waals surface area contributed by atoms with Gasteiger partial charge in [0.2, 0.25) is 29.5 Å². The second kappa shape index (κ2) is 17.5. The van der Waals surface area contributed by atoms with Gasteiger partial charge in [0.1, 0.15) is 18.1 Å². The minimum atomic E-state index is -1.66. The van der Waals surface area contributed by atoms with Crippen LogP contribution in [0.5, 0.6) is 0 Å². The van der Waals surface area contributed by atoms with Gasteiger partial charge < -0.3 is 48.3 Å². The molecule has 11 N–H and O–H groups in total. The molecule has 0 aromatic rings. The molecule has 0 aromatic heterocycles. The van der Waals surface area contributed by atoms with E-state index in [1.54, 1.807) is 6.92 Å². The Morgan fingerprint density at radius 3 is 2.05 bits per heavy atom. The van der Waals surface area contributed by atoms with E-state index in [-0.39, 0.29) is 31.1 Å². The second-order valence-corrected chi connectivity index (χ2v) is 9.97. The minimum Gasteiger partial charge on any atom is -0.481 e. The number of aliphatic carboxylic acids is 2. The van der Waals surface area contributed by atoms with Gasteiger partial charge >= 0.3 is 11.9 Å². The maximum atomic E-state index is 12.7. The fourth-order valence-corrected chi connectivity index (χ4v) is 4.72. The first-order chi connectivity index (χ1) is 18.8. The van der Waals surface area contributed by atoms with E-state index < -0.39 is 84.4 Å². The molecule has 0 spiro atoms. The Hall–Kier alpha value is -4.09. The quantitative estimate of drug-likeness (QED) is 0.0712. The van der Waals surface area contributed by atoms with Gasteiger partial charge in [-0.2, -0.15) is 0 Å². The standard InChI is InChI=1S/C22H36N8O9S/c1-2-4-14-20(37)27-9-15(31)28-11(5-3-6-25-22(23)24)18(35)26-8-16(32)29-12(7-17(33)34)19(36)30-13(10-40-14)21(38)39/h11-14H,2-10H2,1H3,(H,26,35)(H,27,37)(H,28,31)(H,29,32)(H,30,36)(H,33,34)(H,38,39)(H4,23,24,25)/t11-,12-,13-,14+/m0/s1. The van der Waals surface area contributed by atoms with Crippen molar-refractivity contribution in [2.24, 2.45) is 16.5 Å². The maximum Gasteiger partial charge on any atom is 0.327 e. The van der Waals surface area contributed by atoms with Crippen LogP contribution in [0.2, 0.25) is 0 Å². The lowest BCUT2D eigenvalue weighted by atomic mass is 10.1. The van der Waals surface area contributed by atoms with E-state index in [2.05, 4.69) is 31.6 Å². The highest BCUT2D eigenvalue weighted by atomic mass is 32.2. The highest BCUT2D eigenvalue weighted by Gasteiger charge is 2.31. The first-order valence-electron chi connectivity index (χ1n) is 12.4. The zero-order valence-corrected chi connectivity index (χ0v) is 22.8. The topological polar surface area (TPSA) is 284 Å². The summed E-state index contributed by atoms with van der Waals surface area (Å²) in [6.45, 7) is 0.787. The molecular formula is C22H36N8O9S. The molecule has 5 amide bonds. The smallest absolute Gasteiger partial charge is 0.327 e. The summed E-state index contributed by atoms with van der Waals surface area (Å²) in [7, 11) is 0. The first-order valence-corrected chi connectivity index (χ1v) is 13.4. The molecule has 18 heteroatoms. The highest BCUT2D eigenvalue weighted by Crippen LogP contribution is 2.18. The van der Waals surface area contributed by atoms with Crippen molar-refractivity contribution in [3.05, 3.63) is 0 Å². The Bertz CT molecular complexity index is 989. The van der Waals surface area contributed by atoms with Crippen molar-refractivity contribution < 1.29 is 43.8 Å². The molecule has 0 aliphatic carbocycles. The summed E-state index contributed by atoms with van der Waals surface area (Å²) < 4.78 is 0. The van der Waals surface area contributed by atoms with Crippen molar-refractivity contribution in [3.8, 4) is 0 Å². The van der Waals surface area contributed by atoms with Gasteiger partial charge in [-0.05, 0) is 19.3 Å². The number of thioether (sulfide) groups is 1. The van der Waals surface area contributed by atoms with Gasteiger partial charge in [-0.25, -0.2) is 4.79 Å². The number of carboxylic acids is 2. The molecule has 1 fully saturated rings.